The van der Waals surface area contributed by atoms with Gasteiger partial charge in [0, 0.05) is 10.6 Å². The molecule has 0 bridgehead atoms. The highest BCUT2D eigenvalue weighted by Gasteiger charge is 2.12. The number of rotatable bonds is 5. The number of ether oxygens (including phenoxy) is 1. The fraction of sp³-hybridized carbons (Fsp3) is 0.111. The van der Waals surface area contributed by atoms with Crippen LogP contribution in [0.1, 0.15) is 21.7 Å². The van der Waals surface area contributed by atoms with Gasteiger partial charge < -0.3 is 4.74 Å². The minimum Gasteiger partial charge on any atom is -0.487 e. The van der Waals surface area contributed by atoms with Crippen LogP contribution in [0.15, 0.2) is 42.5 Å². The molecule has 1 N–H and O–H groups in total. The first-order valence-corrected chi connectivity index (χ1v) is 9.89. The largest absolute Gasteiger partial charge is 0.487 e. The quantitative estimate of drug-likeness (QED) is 0.498. The number of amides is 1. The second kappa shape index (κ2) is 7.59. The number of hydrogen-bond acceptors (Lipinski definition) is 7. The summed E-state index contributed by atoms with van der Waals surface area (Å²) in [6, 6.07) is 12.4. The van der Waals surface area contributed by atoms with Gasteiger partial charge in [0.05, 0.1) is 27.6 Å². The van der Waals surface area contributed by atoms with Crippen LogP contribution < -0.4 is 10.1 Å². The zero-order valence-electron chi connectivity index (χ0n) is 14.1. The number of benzene rings is 2. The molecule has 2 aromatic heterocycles. The molecule has 9 heteroatoms. The van der Waals surface area contributed by atoms with Crippen molar-refractivity contribution in [3.8, 4) is 5.75 Å². The van der Waals surface area contributed by atoms with Gasteiger partial charge in [-0.05, 0) is 43.3 Å². The summed E-state index contributed by atoms with van der Waals surface area (Å²) in [6.45, 7) is 2.20. The van der Waals surface area contributed by atoms with Crippen LogP contribution in [-0.2, 0) is 6.61 Å². The zero-order chi connectivity index (χ0) is 18.8. The molecule has 6 nitrogen and oxygen atoms in total. The minimum absolute atomic E-state index is 0.253. The number of aryl methyl sites for hydroxylation is 1. The maximum absolute atomic E-state index is 12.6. The van der Waals surface area contributed by atoms with Crippen molar-refractivity contribution >= 4 is 55.9 Å². The SMILES string of the molecule is Cc1nsnc1COc1cccc(C(=O)Nc2nc3ccc(Cl)cc3s2)c1. The Morgan fingerprint density at radius 2 is 2.11 bits per heavy atom. The maximum atomic E-state index is 12.6. The summed E-state index contributed by atoms with van der Waals surface area (Å²) in [5, 5.41) is 3.98. The molecule has 0 aliphatic carbocycles. The van der Waals surface area contributed by atoms with Crippen molar-refractivity contribution in [2.75, 3.05) is 5.32 Å². The van der Waals surface area contributed by atoms with Gasteiger partial charge in [-0.1, -0.05) is 29.0 Å². The van der Waals surface area contributed by atoms with Crippen LogP contribution in [0, 0.1) is 6.92 Å². The number of nitrogens with zero attached hydrogens (tertiary/aromatic N) is 3. The molecule has 0 radical (unpaired) electrons. The highest BCUT2D eigenvalue weighted by atomic mass is 35.5. The Morgan fingerprint density at radius 3 is 2.93 bits per heavy atom. The van der Waals surface area contributed by atoms with Gasteiger partial charge in [0.2, 0.25) is 0 Å². The van der Waals surface area contributed by atoms with Crippen molar-refractivity contribution in [1.29, 1.82) is 0 Å². The molecule has 1 amide bonds. The van der Waals surface area contributed by atoms with Crippen molar-refractivity contribution in [1.82, 2.24) is 13.7 Å². The Hall–Kier alpha value is -2.55. The summed E-state index contributed by atoms with van der Waals surface area (Å²) in [5.41, 5.74) is 2.93. The summed E-state index contributed by atoms with van der Waals surface area (Å²) < 4.78 is 14.9. The smallest absolute Gasteiger partial charge is 0.257 e. The molecule has 0 spiro atoms. The third kappa shape index (κ3) is 4.08. The van der Waals surface area contributed by atoms with Crippen LogP contribution in [0.3, 0.4) is 0 Å². The molecule has 0 aliphatic heterocycles. The molecular weight excluding hydrogens is 404 g/mol. The molecule has 4 rings (SSSR count). The molecule has 0 saturated heterocycles. The van der Waals surface area contributed by atoms with E-state index in [1.54, 1.807) is 30.3 Å². The monoisotopic (exact) mass is 416 g/mol. The molecule has 0 aliphatic rings. The second-order valence-electron chi connectivity index (χ2n) is 5.70. The van der Waals surface area contributed by atoms with Gasteiger partial charge in [-0.25, -0.2) is 4.98 Å². The fourth-order valence-corrected chi connectivity index (χ4v) is 4.07. The van der Waals surface area contributed by atoms with Gasteiger partial charge in [-0.3, -0.25) is 10.1 Å². The Balaban J connectivity index is 1.47. The summed E-state index contributed by atoms with van der Waals surface area (Å²) in [4.78, 5) is 17.0. The highest BCUT2D eigenvalue weighted by Crippen LogP contribution is 2.28. The Kier molecular flexibility index (Phi) is 5.02. The molecule has 2 heterocycles. The Bertz CT molecular complexity index is 1130. The number of halogens is 1. The predicted octanol–water partition coefficient (Wildman–Crippen LogP) is 4.94. The zero-order valence-corrected chi connectivity index (χ0v) is 16.5. The number of fused-ring (bicyclic) bond motifs is 1. The molecule has 0 atom stereocenters. The molecule has 2 aromatic carbocycles. The molecule has 27 heavy (non-hydrogen) atoms. The van der Waals surface area contributed by atoms with Crippen molar-refractivity contribution in [2.24, 2.45) is 0 Å². The summed E-state index contributed by atoms with van der Waals surface area (Å²) in [6.07, 6.45) is 0. The first-order chi connectivity index (χ1) is 13.1. The van der Waals surface area contributed by atoms with Gasteiger partial charge >= 0.3 is 0 Å². The average molecular weight is 417 g/mol. The predicted molar refractivity (Wildman–Crippen MR) is 108 cm³/mol. The number of carbonyl (C=O) groups excluding carboxylic acids is 1. The number of carbonyl (C=O) groups is 1. The summed E-state index contributed by atoms with van der Waals surface area (Å²) in [7, 11) is 0. The van der Waals surface area contributed by atoms with Crippen LogP contribution >= 0.6 is 34.7 Å². The lowest BCUT2D eigenvalue weighted by molar-refractivity contribution is 0.102. The Morgan fingerprint density at radius 1 is 1.22 bits per heavy atom. The van der Waals surface area contributed by atoms with E-state index in [-0.39, 0.29) is 5.91 Å². The van der Waals surface area contributed by atoms with Crippen LogP contribution in [-0.4, -0.2) is 19.6 Å². The van der Waals surface area contributed by atoms with Crippen LogP contribution in [0.4, 0.5) is 5.13 Å². The maximum Gasteiger partial charge on any atom is 0.257 e. The van der Waals surface area contributed by atoms with E-state index in [9.17, 15) is 4.79 Å². The first-order valence-electron chi connectivity index (χ1n) is 7.97. The summed E-state index contributed by atoms with van der Waals surface area (Å²) in [5.74, 6) is 0.336. The molecule has 4 aromatic rings. The normalized spacial score (nSPS) is 10.9. The number of hydrogen-bond donors (Lipinski definition) is 1. The second-order valence-corrected chi connectivity index (χ2v) is 7.69. The van der Waals surface area contributed by atoms with E-state index in [0.29, 0.717) is 28.1 Å². The van der Waals surface area contributed by atoms with Crippen LogP contribution in [0.2, 0.25) is 5.02 Å². The first kappa shape index (κ1) is 17.8. The lowest BCUT2D eigenvalue weighted by Crippen LogP contribution is -2.11. The fourth-order valence-electron chi connectivity index (χ4n) is 2.38. The lowest BCUT2D eigenvalue weighted by atomic mass is 10.2. The lowest BCUT2D eigenvalue weighted by Gasteiger charge is -2.07. The molecule has 0 unspecified atom stereocenters. The number of thiazole rings is 1. The van der Waals surface area contributed by atoms with E-state index >= 15 is 0 Å². The van der Waals surface area contributed by atoms with Gasteiger partial charge in [0.15, 0.2) is 5.13 Å². The molecular formula is C18H13ClN4O2S2. The van der Waals surface area contributed by atoms with E-state index in [1.807, 2.05) is 19.1 Å². The van der Waals surface area contributed by atoms with Gasteiger partial charge in [0.25, 0.3) is 5.91 Å². The third-order valence-electron chi connectivity index (χ3n) is 3.79. The average Bonchev–Trinajstić information content (AvgIpc) is 3.25. The van der Waals surface area contributed by atoms with Crippen molar-refractivity contribution < 1.29 is 9.53 Å². The van der Waals surface area contributed by atoms with E-state index in [2.05, 4.69) is 19.0 Å². The summed E-state index contributed by atoms with van der Waals surface area (Å²) >= 11 is 8.52. The topological polar surface area (TPSA) is 77.0 Å². The highest BCUT2D eigenvalue weighted by molar-refractivity contribution is 7.22. The molecule has 0 fully saturated rings. The standard InChI is InChI=1S/C18H13ClN4O2S2/c1-10-15(23-27-22-10)9-25-13-4-2-3-11(7-13)17(24)21-18-20-14-6-5-12(19)8-16(14)26-18/h2-8H,9H2,1H3,(H,20,21,24). The van der Waals surface area contributed by atoms with Crippen LogP contribution in [0.5, 0.6) is 5.75 Å². The third-order valence-corrected chi connectivity index (χ3v) is 5.62. The van der Waals surface area contributed by atoms with E-state index in [4.69, 9.17) is 16.3 Å². The van der Waals surface area contributed by atoms with E-state index in [1.165, 1.54) is 11.3 Å². The van der Waals surface area contributed by atoms with Crippen LogP contribution in [0.25, 0.3) is 10.2 Å². The van der Waals surface area contributed by atoms with Crippen molar-refractivity contribution in [2.45, 2.75) is 13.5 Å². The molecule has 136 valence electrons. The minimum atomic E-state index is -0.253. The van der Waals surface area contributed by atoms with Gasteiger partial charge in [0.1, 0.15) is 18.1 Å². The van der Waals surface area contributed by atoms with E-state index < -0.39 is 0 Å². The van der Waals surface area contributed by atoms with Crippen molar-refractivity contribution in [3.05, 3.63) is 64.4 Å². The number of aromatic nitrogens is 3. The van der Waals surface area contributed by atoms with Gasteiger partial charge in [-0.15, -0.1) is 0 Å². The van der Waals surface area contributed by atoms with E-state index in [0.717, 1.165) is 33.3 Å². The van der Waals surface area contributed by atoms with Crippen molar-refractivity contribution in [3.63, 3.8) is 0 Å². The Labute approximate surface area is 168 Å². The number of anilines is 1. The molecule has 0 saturated carbocycles. The number of nitrogens with one attached hydrogen (secondary N) is 1. The van der Waals surface area contributed by atoms with Gasteiger partial charge in [-0.2, -0.15) is 8.75 Å².